The van der Waals surface area contributed by atoms with Gasteiger partial charge in [0.15, 0.2) is 0 Å². The lowest BCUT2D eigenvalue weighted by atomic mass is 10.0. The van der Waals surface area contributed by atoms with Gasteiger partial charge in [0.2, 0.25) is 11.8 Å². The number of benzene rings is 3. The lowest BCUT2D eigenvalue weighted by Crippen LogP contribution is -2.09. The molecule has 0 saturated carbocycles. The summed E-state index contributed by atoms with van der Waals surface area (Å²) in [6.07, 6.45) is 3.54. The number of hydrogen-bond donors (Lipinski definition) is 3. The van der Waals surface area contributed by atoms with E-state index in [0.29, 0.717) is 22.5 Å². The maximum Gasteiger partial charge on any atom is 0.248 e. The highest BCUT2D eigenvalue weighted by atomic mass is 19.1. The van der Waals surface area contributed by atoms with Crippen LogP contribution in [0.2, 0.25) is 0 Å². The maximum absolute atomic E-state index is 14.3. The minimum absolute atomic E-state index is 0.00716. The van der Waals surface area contributed by atoms with Gasteiger partial charge in [-0.3, -0.25) is 9.59 Å². The van der Waals surface area contributed by atoms with Gasteiger partial charge in [-0.05, 0) is 59.7 Å². The number of carbonyl (C=O) groups excluding carboxylic acids is 2. The van der Waals surface area contributed by atoms with Crippen LogP contribution in [0.3, 0.4) is 0 Å². The topological polar surface area (TPSA) is 84.2 Å². The van der Waals surface area contributed by atoms with Gasteiger partial charge in [-0.15, -0.1) is 0 Å². The van der Waals surface area contributed by atoms with Crippen molar-refractivity contribution in [3.05, 3.63) is 96.6 Å². The molecular formula is C24H19F2N3O2. The van der Waals surface area contributed by atoms with Crippen molar-refractivity contribution in [3.8, 4) is 11.1 Å². The molecule has 0 aliphatic heterocycles. The van der Waals surface area contributed by atoms with E-state index < -0.39 is 23.4 Å². The molecule has 3 rings (SSSR count). The summed E-state index contributed by atoms with van der Waals surface area (Å²) >= 11 is 0. The van der Waals surface area contributed by atoms with Crippen molar-refractivity contribution in [1.82, 2.24) is 0 Å². The van der Waals surface area contributed by atoms with Crippen molar-refractivity contribution >= 4 is 35.0 Å². The summed E-state index contributed by atoms with van der Waals surface area (Å²) in [5, 5.41) is 4.98. The summed E-state index contributed by atoms with van der Waals surface area (Å²) in [5.74, 6) is -2.19. The number of nitrogens with one attached hydrogen (secondary N) is 2. The van der Waals surface area contributed by atoms with Crippen molar-refractivity contribution < 1.29 is 18.4 Å². The fourth-order valence-corrected chi connectivity index (χ4v) is 2.78. The number of para-hydroxylation sites is 2. The Bertz CT molecular complexity index is 1190. The van der Waals surface area contributed by atoms with Crippen LogP contribution in [-0.2, 0) is 9.59 Å². The Morgan fingerprint density at radius 3 is 2.23 bits per heavy atom. The van der Waals surface area contributed by atoms with Crippen LogP contribution in [0.4, 0.5) is 25.8 Å². The molecule has 0 spiro atoms. The van der Waals surface area contributed by atoms with E-state index in [1.54, 1.807) is 30.3 Å². The molecule has 7 heteroatoms. The molecule has 156 valence electrons. The first-order valence-electron chi connectivity index (χ1n) is 9.24. The summed E-state index contributed by atoms with van der Waals surface area (Å²) in [5.41, 5.74) is 7.81. The van der Waals surface area contributed by atoms with Gasteiger partial charge in [0.1, 0.15) is 11.6 Å². The second-order valence-electron chi connectivity index (χ2n) is 6.53. The van der Waals surface area contributed by atoms with E-state index >= 15 is 0 Å². The predicted molar refractivity (Wildman–Crippen MR) is 119 cm³/mol. The quantitative estimate of drug-likeness (QED) is 0.389. The lowest BCUT2D eigenvalue weighted by Gasteiger charge is -2.08. The second-order valence-corrected chi connectivity index (χ2v) is 6.53. The van der Waals surface area contributed by atoms with Crippen molar-refractivity contribution in [2.24, 2.45) is 0 Å². The fourth-order valence-electron chi connectivity index (χ4n) is 2.78. The SMILES string of the molecule is C=CC(=O)Nc1ccc(-c2ccc(F)c(/C=C/C(=O)Nc3ccccc3N)c2)cc1F. The average molecular weight is 419 g/mol. The lowest BCUT2D eigenvalue weighted by molar-refractivity contribution is -0.112. The number of halogens is 2. The van der Waals surface area contributed by atoms with Gasteiger partial charge in [-0.25, -0.2) is 8.78 Å². The Kier molecular flexibility index (Phi) is 6.57. The van der Waals surface area contributed by atoms with Crippen molar-refractivity contribution in [1.29, 1.82) is 0 Å². The van der Waals surface area contributed by atoms with E-state index in [1.165, 1.54) is 42.5 Å². The third kappa shape index (κ3) is 5.42. The highest BCUT2D eigenvalue weighted by molar-refractivity contribution is 6.03. The van der Waals surface area contributed by atoms with Crippen LogP contribution in [0.15, 0.2) is 79.4 Å². The Balaban J connectivity index is 1.80. The van der Waals surface area contributed by atoms with Crippen LogP contribution in [0.1, 0.15) is 5.56 Å². The molecular weight excluding hydrogens is 400 g/mol. The maximum atomic E-state index is 14.3. The molecule has 0 aromatic heterocycles. The first-order chi connectivity index (χ1) is 14.9. The molecule has 0 aliphatic carbocycles. The first-order valence-corrected chi connectivity index (χ1v) is 9.24. The molecule has 5 nitrogen and oxygen atoms in total. The van der Waals surface area contributed by atoms with Crippen molar-refractivity contribution in [3.63, 3.8) is 0 Å². The number of amides is 2. The number of anilines is 3. The van der Waals surface area contributed by atoms with E-state index in [4.69, 9.17) is 5.73 Å². The molecule has 0 atom stereocenters. The van der Waals surface area contributed by atoms with E-state index in [2.05, 4.69) is 17.2 Å². The smallest absolute Gasteiger partial charge is 0.248 e. The molecule has 0 heterocycles. The molecule has 0 radical (unpaired) electrons. The molecule has 3 aromatic carbocycles. The van der Waals surface area contributed by atoms with Crippen molar-refractivity contribution in [2.75, 3.05) is 16.4 Å². The highest BCUT2D eigenvalue weighted by Gasteiger charge is 2.09. The number of nitrogen functional groups attached to an aromatic ring is 1. The minimum Gasteiger partial charge on any atom is -0.397 e. The average Bonchev–Trinajstić information content (AvgIpc) is 2.76. The summed E-state index contributed by atoms with van der Waals surface area (Å²) in [7, 11) is 0. The van der Waals surface area contributed by atoms with Crippen LogP contribution in [-0.4, -0.2) is 11.8 Å². The zero-order valence-corrected chi connectivity index (χ0v) is 16.4. The van der Waals surface area contributed by atoms with Crippen LogP contribution in [0, 0.1) is 11.6 Å². The number of carbonyl (C=O) groups is 2. The molecule has 0 saturated heterocycles. The number of nitrogens with two attached hydrogens (primary N) is 1. The Morgan fingerprint density at radius 2 is 1.52 bits per heavy atom. The van der Waals surface area contributed by atoms with Crippen LogP contribution in [0.25, 0.3) is 17.2 Å². The monoisotopic (exact) mass is 419 g/mol. The standard InChI is InChI=1S/C24H19F2N3O2/c1-2-23(30)28-21-11-8-16(14-19(21)26)15-7-10-18(25)17(13-15)9-12-24(31)29-22-6-4-3-5-20(22)27/h2-14H,1,27H2,(H,28,30)(H,29,31)/b12-9+. The fraction of sp³-hybridized carbons (Fsp3) is 0. The Hall–Kier alpha value is -4.26. The third-order valence-electron chi connectivity index (χ3n) is 4.37. The first kappa shape index (κ1) is 21.4. The van der Waals surface area contributed by atoms with Gasteiger partial charge in [0.05, 0.1) is 17.1 Å². The third-order valence-corrected chi connectivity index (χ3v) is 4.37. The molecule has 3 aromatic rings. The van der Waals surface area contributed by atoms with Gasteiger partial charge >= 0.3 is 0 Å². The molecule has 0 unspecified atom stereocenters. The normalized spacial score (nSPS) is 10.6. The molecule has 0 fully saturated rings. The number of rotatable bonds is 6. The molecule has 2 amide bonds. The predicted octanol–water partition coefficient (Wildman–Crippen LogP) is 4.99. The summed E-state index contributed by atoms with van der Waals surface area (Å²) in [4.78, 5) is 23.5. The zero-order chi connectivity index (χ0) is 22.4. The van der Waals surface area contributed by atoms with Crippen LogP contribution < -0.4 is 16.4 Å². The summed E-state index contributed by atoms with van der Waals surface area (Å²) in [6.45, 7) is 3.32. The van der Waals surface area contributed by atoms with E-state index in [-0.39, 0.29) is 11.3 Å². The highest BCUT2D eigenvalue weighted by Crippen LogP contribution is 2.27. The minimum atomic E-state index is -0.644. The van der Waals surface area contributed by atoms with Gasteiger partial charge in [0, 0.05) is 11.6 Å². The molecule has 0 aliphatic rings. The Morgan fingerprint density at radius 1 is 0.839 bits per heavy atom. The second kappa shape index (κ2) is 9.49. The zero-order valence-electron chi connectivity index (χ0n) is 16.4. The van der Waals surface area contributed by atoms with E-state index in [1.807, 2.05) is 0 Å². The van der Waals surface area contributed by atoms with E-state index in [0.717, 1.165) is 6.08 Å². The van der Waals surface area contributed by atoms with Crippen LogP contribution >= 0.6 is 0 Å². The molecule has 4 N–H and O–H groups in total. The summed E-state index contributed by atoms with van der Waals surface area (Å²) in [6, 6.07) is 15.2. The van der Waals surface area contributed by atoms with Gasteiger partial charge in [-0.1, -0.05) is 30.8 Å². The van der Waals surface area contributed by atoms with Crippen molar-refractivity contribution in [2.45, 2.75) is 0 Å². The van der Waals surface area contributed by atoms with Gasteiger partial charge in [-0.2, -0.15) is 0 Å². The van der Waals surface area contributed by atoms with E-state index in [9.17, 15) is 18.4 Å². The number of hydrogen-bond acceptors (Lipinski definition) is 3. The molecule has 0 bridgehead atoms. The molecule has 31 heavy (non-hydrogen) atoms. The largest absolute Gasteiger partial charge is 0.397 e. The van der Waals surface area contributed by atoms with Gasteiger partial charge in [0.25, 0.3) is 0 Å². The van der Waals surface area contributed by atoms with Gasteiger partial charge < -0.3 is 16.4 Å². The van der Waals surface area contributed by atoms with Crippen LogP contribution in [0.5, 0.6) is 0 Å². The Labute approximate surface area is 177 Å². The summed E-state index contributed by atoms with van der Waals surface area (Å²) < 4.78 is 28.5.